The second-order valence-corrected chi connectivity index (χ2v) is 6.18. The van der Waals surface area contributed by atoms with E-state index in [1.54, 1.807) is 29.0 Å². The lowest BCUT2D eigenvalue weighted by atomic mass is 10.2. The average molecular weight is 371 g/mol. The maximum atomic E-state index is 12.2. The molecule has 0 bridgehead atoms. The Morgan fingerprint density at radius 3 is 2.74 bits per heavy atom. The zero-order valence-corrected chi connectivity index (χ0v) is 15.6. The highest BCUT2D eigenvalue weighted by Crippen LogP contribution is 2.34. The van der Waals surface area contributed by atoms with Crippen LogP contribution >= 0.6 is 0 Å². The standard InChI is InChI=1S/C19H21N3O5/c1-11-15(12(2)22(4)21-11)6-8-18(23)27-13(3)19(24)20-14-5-7-16-17(9-14)26-10-25-16/h5-9,13H,10H2,1-4H3,(H,20,24)/b8-6+/t13-/m0/s1. The first-order valence-electron chi connectivity index (χ1n) is 8.44. The van der Waals surface area contributed by atoms with E-state index in [-0.39, 0.29) is 6.79 Å². The summed E-state index contributed by atoms with van der Waals surface area (Å²) in [5.74, 6) is 0.136. The minimum atomic E-state index is -0.955. The molecule has 0 saturated heterocycles. The first-order chi connectivity index (χ1) is 12.8. The van der Waals surface area contributed by atoms with E-state index in [9.17, 15) is 9.59 Å². The minimum absolute atomic E-state index is 0.156. The smallest absolute Gasteiger partial charge is 0.331 e. The molecule has 1 aliphatic heterocycles. The van der Waals surface area contributed by atoms with Crippen LogP contribution in [0.3, 0.4) is 0 Å². The quantitative estimate of drug-likeness (QED) is 0.641. The van der Waals surface area contributed by atoms with Crippen molar-refractivity contribution in [1.82, 2.24) is 9.78 Å². The molecule has 8 nitrogen and oxygen atoms in total. The Labute approximate surface area is 156 Å². The van der Waals surface area contributed by atoms with Gasteiger partial charge in [0.1, 0.15) is 0 Å². The summed E-state index contributed by atoms with van der Waals surface area (Å²) in [4.78, 5) is 24.2. The van der Waals surface area contributed by atoms with Crippen LogP contribution in [0.25, 0.3) is 6.08 Å². The number of carbonyl (C=O) groups excluding carboxylic acids is 2. The number of fused-ring (bicyclic) bond motifs is 1. The van der Waals surface area contributed by atoms with Crippen molar-refractivity contribution in [2.45, 2.75) is 26.9 Å². The fourth-order valence-corrected chi connectivity index (χ4v) is 2.67. The summed E-state index contributed by atoms with van der Waals surface area (Å²) in [5, 5.41) is 6.96. The molecule has 0 saturated carbocycles. The van der Waals surface area contributed by atoms with Crippen molar-refractivity contribution in [3.05, 3.63) is 41.2 Å². The first-order valence-corrected chi connectivity index (χ1v) is 8.44. The lowest BCUT2D eigenvalue weighted by Crippen LogP contribution is -2.29. The summed E-state index contributed by atoms with van der Waals surface area (Å²) in [6.45, 7) is 5.43. The van der Waals surface area contributed by atoms with Crippen LogP contribution in [0, 0.1) is 13.8 Å². The molecule has 0 spiro atoms. The number of carbonyl (C=O) groups is 2. The Hall–Kier alpha value is -3.29. The minimum Gasteiger partial charge on any atom is -0.454 e. The molecule has 0 radical (unpaired) electrons. The molecule has 0 aliphatic carbocycles. The van der Waals surface area contributed by atoms with Gasteiger partial charge in [0, 0.05) is 36.1 Å². The van der Waals surface area contributed by atoms with Crippen molar-refractivity contribution in [1.29, 1.82) is 0 Å². The van der Waals surface area contributed by atoms with Gasteiger partial charge in [-0.05, 0) is 39.0 Å². The van der Waals surface area contributed by atoms with Crippen LogP contribution in [-0.4, -0.2) is 34.6 Å². The van der Waals surface area contributed by atoms with Crippen molar-refractivity contribution in [3.63, 3.8) is 0 Å². The van der Waals surface area contributed by atoms with Crippen LogP contribution in [0.15, 0.2) is 24.3 Å². The molecule has 1 atom stereocenters. The van der Waals surface area contributed by atoms with E-state index in [1.807, 2.05) is 20.9 Å². The molecule has 27 heavy (non-hydrogen) atoms. The van der Waals surface area contributed by atoms with Gasteiger partial charge < -0.3 is 19.5 Å². The number of esters is 1. The summed E-state index contributed by atoms with van der Waals surface area (Å²) in [5.41, 5.74) is 3.13. The first kappa shape index (κ1) is 18.5. The lowest BCUT2D eigenvalue weighted by Gasteiger charge is -2.12. The molecule has 142 valence electrons. The summed E-state index contributed by atoms with van der Waals surface area (Å²) in [7, 11) is 1.83. The predicted octanol–water partition coefficient (Wildman–Crippen LogP) is 2.35. The highest BCUT2D eigenvalue weighted by Gasteiger charge is 2.19. The van der Waals surface area contributed by atoms with Gasteiger partial charge >= 0.3 is 5.97 Å². The van der Waals surface area contributed by atoms with E-state index in [0.29, 0.717) is 17.2 Å². The Balaban J connectivity index is 1.57. The van der Waals surface area contributed by atoms with E-state index in [1.165, 1.54) is 13.0 Å². The third kappa shape index (κ3) is 4.11. The summed E-state index contributed by atoms with van der Waals surface area (Å²) < 4.78 is 17.4. The van der Waals surface area contributed by atoms with Crippen molar-refractivity contribution in [2.24, 2.45) is 7.05 Å². The van der Waals surface area contributed by atoms with Gasteiger partial charge in [-0.2, -0.15) is 5.10 Å². The Morgan fingerprint density at radius 1 is 1.30 bits per heavy atom. The Kier molecular flexibility index (Phi) is 5.16. The number of benzene rings is 1. The second kappa shape index (κ2) is 7.53. The molecule has 1 aromatic heterocycles. The fourth-order valence-electron chi connectivity index (χ4n) is 2.67. The van der Waals surface area contributed by atoms with Gasteiger partial charge in [-0.25, -0.2) is 4.79 Å². The topological polar surface area (TPSA) is 91.7 Å². The van der Waals surface area contributed by atoms with E-state index >= 15 is 0 Å². The molecule has 0 unspecified atom stereocenters. The number of hydrogen-bond acceptors (Lipinski definition) is 6. The summed E-state index contributed by atoms with van der Waals surface area (Å²) >= 11 is 0. The second-order valence-electron chi connectivity index (χ2n) is 6.18. The highest BCUT2D eigenvalue weighted by atomic mass is 16.7. The molecular weight excluding hydrogens is 350 g/mol. The number of nitrogens with zero attached hydrogens (tertiary/aromatic N) is 2. The zero-order chi connectivity index (χ0) is 19.6. The average Bonchev–Trinajstić information content (AvgIpc) is 3.17. The predicted molar refractivity (Wildman–Crippen MR) is 98.5 cm³/mol. The summed E-state index contributed by atoms with van der Waals surface area (Å²) in [6.07, 6.45) is 1.98. The van der Waals surface area contributed by atoms with Crippen LogP contribution in [0.1, 0.15) is 23.9 Å². The monoisotopic (exact) mass is 371 g/mol. The van der Waals surface area contributed by atoms with Crippen LogP contribution < -0.4 is 14.8 Å². The van der Waals surface area contributed by atoms with Gasteiger partial charge in [-0.1, -0.05) is 0 Å². The van der Waals surface area contributed by atoms with Crippen LogP contribution in [0.5, 0.6) is 11.5 Å². The number of anilines is 1. The van der Waals surface area contributed by atoms with E-state index in [4.69, 9.17) is 14.2 Å². The normalized spacial score (nSPS) is 13.6. The molecule has 0 fully saturated rings. The fraction of sp³-hybridized carbons (Fsp3) is 0.316. The molecule has 1 amide bonds. The van der Waals surface area contributed by atoms with Gasteiger partial charge in [0.25, 0.3) is 5.91 Å². The van der Waals surface area contributed by atoms with Gasteiger partial charge in [0.2, 0.25) is 6.79 Å². The number of rotatable bonds is 5. The van der Waals surface area contributed by atoms with Crippen molar-refractivity contribution < 1.29 is 23.8 Å². The molecule has 1 aromatic carbocycles. The number of hydrogen-bond donors (Lipinski definition) is 1. The zero-order valence-electron chi connectivity index (χ0n) is 15.6. The van der Waals surface area contributed by atoms with Crippen molar-refractivity contribution in [2.75, 3.05) is 12.1 Å². The molecule has 1 N–H and O–H groups in total. The van der Waals surface area contributed by atoms with Gasteiger partial charge in [-0.15, -0.1) is 0 Å². The Bertz CT molecular complexity index is 916. The molecular formula is C19H21N3O5. The number of aromatic nitrogens is 2. The molecule has 2 heterocycles. The maximum Gasteiger partial charge on any atom is 0.331 e. The third-order valence-corrected chi connectivity index (χ3v) is 4.25. The number of nitrogens with one attached hydrogen (secondary N) is 1. The van der Waals surface area contributed by atoms with Crippen molar-refractivity contribution >= 4 is 23.6 Å². The van der Waals surface area contributed by atoms with Crippen LogP contribution in [0.4, 0.5) is 5.69 Å². The van der Waals surface area contributed by atoms with E-state index in [2.05, 4.69) is 10.4 Å². The molecule has 2 aromatic rings. The van der Waals surface area contributed by atoms with Gasteiger partial charge in [0.15, 0.2) is 17.6 Å². The highest BCUT2D eigenvalue weighted by molar-refractivity contribution is 5.96. The number of amides is 1. The van der Waals surface area contributed by atoms with E-state index in [0.717, 1.165) is 17.0 Å². The van der Waals surface area contributed by atoms with Gasteiger partial charge in [-0.3, -0.25) is 9.48 Å². The maximum absolute atomic E-state index is 12.2. The lowest BCUT2D eigenvalue weighted by molar-refractivity contribution is -0.148. The largest absolute Gasteiger partial charge is 0.454 e. The Morgan fingerprint density at radius 2 is 2.04 bits per heavy atom. The van der Waals surface area contributed by atoms with Crippen LogP contribution in [0.2, 0.25) is 0 Å². The summed E-state index contributed by atoms with van der Waals surface area (Å²) in [6, 6.07) is 5.05. The van der Waals surface area contributed by atoms with E-state index < -0.39 is 18.0 Å². The third-order valence-electron chi connectivity index (χ3n) is 4.25. The number of aryl methyl sites for hydroxylation is 2. The molecule has 3 rings (SSSR count). The van der Waals surface area contributed by atoms with Gasteiger partial charge in [0.05, 0.1) is 5.69 Å². The molecule has 1 aliphatic rings. The van der Waals surface area contributed by atoms with Crippen molar-refractivity contribution in [3.8, 4) is 11.5 Å². The SMILES string of the molecule is Cc1nn(C)c(C)c1/C=C/C(=O)O[C@@H](C)C(=O)Nc1ccc2c(c1)OCO2. The van der Waals surface area contributed by atoms with Crippen LogP contribution in [-0.2, 0) is 21.4 Å². The molecule has 8 heteroatoms. The number of ether oxygens (including phenoxy) is 3.